The number of carbonyl (C=O) groups is 1. The van der Waals surface area contributed by atoms with Crippen molar-refractivity contribution in [3.05, 3.63) is 33.9 Å². The molecule has 0 spiro atoms. The van der Waals surface area contributed by atoms with E-state index in [0.29, 0.717) is 6.54 Å². The van der Waals surface area contributed by atoms with E-state index in [4.69, 9.17) is 9.47 Å². The SMILES string of the molecule is Cc1ccc(OCC(=O)NCC2(N3CCOCC3)CCCCC2)c([N+](=O)[O-])c1. The predicted molar refractivity (Wildman–Crippen MR) is 105 cm³/mol. The molecule has 1 amide bonds. The molecular formula is C20H29N3O5. The van der Waals surface area contributed by atoms with Crippen LogP contribution in [0.4, 0.5) is 5.69 Å². The molecule has 0 unspecified atom stereocenters. The van der Waals surface area contributed by atoms with Gasteiger partial charge in [0.1, 0.15) is 0 Å². The lowest BCUT2D eigenvalue weighted by molar-refractivity contribution is -0.385. The second kappa shape index (κ2) is 9.34. The van der Waals surface area contributed by atoms with Gasteiger partial charge in [0.05, 0.1) is 18.1 Å². The zero-order valence-corrected chi connectivity index (χ0v) is 16.4. The summed E-state index contributed by atoms with van der Waals surface area (Å²) >= 11 is 0. The van der Waals surface area contributed by atoms with Crippen LogP contribution in [0.5, 0.6) is 5.75 Å². The molecule has 1 aromatic rings. The number of nitrogens with zero attached hydrogens (tertiary/aromatic N) is 2. The van der Waals surface area contributed by atoms with E-state index in [1.165, 1.54) is 31.4 Å². The number of rotatable bonds is 7. The van der Waals surface area contributed by atoms with E-state index in [1.807, 2.05) is 0 Å². The fourth-order valence-corrected chi connectivity index (χ4v) is 4.20. The zero-order valence-electron chi connectivity index (χ0n) is 16.4. The summed E-state index contributed by atoms with van der Waals surface area (Å²) in [5.41, 5.74) is 0.631. The first-order valence-electron chi connectivity index (χ1n) is 9.97. The number of amides is 1. The van der Waals surface area contributed by atoms with Gasteiger partial charge in [-0.05, 0) is 31.4 Å². The molecule has 1 aliphatic heterocycles. The zero-order chi connectivity index (χ0) is 20.0. The predicted octanol–water partition coefficient (Wildman–Crippen LogP) is 2.43. The Balaban J connectivity index is 1.57. The van der Waals surface area contributed by atoms with Gasteiger partial charge < -0.3 is 14.8 Å². The number of nitro benzene ring substituents is 1. The Hall–Kier alpha value is -2.19. The van der Waals surface area contributed by atoms with Crippen LogP contribution < -0.4 is 10.1 Å². The van der Waals surface area contributed by atoms with Crippen LogP contribution in [-0.4, -0.2) is 60.7 Å². The summed E-state index contributed by atoms with van der Waals surface area (Å²) in [6.45, 7) is 5.36. The number of ether oxygens (including phenoxy) is 2. The minimum atomic E-state index is -0.490. The van der Waals surface area contributed by atoms with Crippen molar-refractivity contribution in [2.45, 2.75) is 44.6 Å². The fraction of sp³-hybridized carbons (Fsp3) is 0.650. The Kier molecular flexibility index (Phi) is 6.85. The van der Waals surface area contributed by atoms with E-state index in [1.54, 1.807) is 13.0 Å². The van der Waals surface area contributed by atoms with Crippen LogP contribution in [0.1, 0.15) is 37.7 Å². The van der Waals surface area contributed by atoms with Crippen molar-refractivity contribution < 1.29 is 19.2 Å². The smallest absolute Gasteiger partial charge is 0.311 e. The Morgan fingerprint density at radius 1 is 1.29 bits per heavy atom. The van der Waals surface area contributed by atoms with Gasteiger partial charge in [-0.2, -0.15) is 0 Å². The number of hydrogen-bond acceptors (Lipinski definition) is 6. The van der Waals surface area contributed by atoms with E-state index >= 15 is 0 Å². The Labute approximate surface area is 165 Å². The minimum Gasteiger partial charge on any atom is -0.477 e. The van der Waals surface area contributed by atoms with Crippen molar-refractivity contribution >= 4 is 11.6 Å². The molecule has 28 heavy (non-hydrogen) atoms. The summed E-state index contributed by atoms with van der Waals surface area (Å²) in [6.07, 6.45) is 5.70. The first-order valence-corrected chi connectivity index (χ1v) is 9.97. The third-order valence-electron chi connectivity index (χ3n) is 5.75. The molecule has 2 aliphatic rings. The maximum Gasteiger partial charge on any atom is 0.311 e. The standard InChI is InChI=1S/C20H29N3O5/c1-16-5-6-18(17(13-16)23(25)26)28-14-19(24)21-15-20(7-3-2-4-8-20)22-9-11-27-12-10-22/h5-6,13H,2-4,7-12,14-15H2,1H3,(H,21,24). The van der Waals surface area contributed by atoms with Crippen molar-refractivity contribution in [1.82, 2.24) is 10.2 Å². The van der Waals surface area contributed by atoms with E-state index < -0.39 is 4.92 Å². The molecule has 1 heterocycles. The van der Waals surface area contributed by atoms with Gasteiger partial charge in [-0.3, -0.25) is 19.8 Å². The quantitative estimate of drug-likeness (QED) is 0.567. The van der Waals surface area contributed by atoms with Gasteiger partial charge in [-0.1, -0.05) is 25.3 Å². The first-order chi connectivity index (χ1) is 13.5. The Morgan fingerprint density at radius 3 is 2.68 bits per heavy atom. The summed E-state index contributed by atoms with van der Waals surface area (Å²) < 4.78 is 10.9. The highest BCUT2D eigenvalue weighted by molar-refractivity contribution is 5.77. The molecule has 1 saturated carbocycles. The Morgan fingerprint density at radius 2 is 2.00 bits per heavy atom. The molecule has 0 atom stereocenters. The average Bonchev–Trinajstić information content (AvgIpc) is 2.72. The van der Waals surface area contributed by atoms with Crippen LogP contribution in [0.15, 0.2) is 18.2 Å². The van der Waals surface area contributed by atoms with Crippen molar-refractivity contribution in [2.24, 2.45) is 0 Å². The summed E-state index contributed by atoms with van der Waals surface area (Å²) in [6, 6.07) is 4.72. The molecule has 1 saturated heterocycles. The lowest BCUT2D eigenvalue weighted by atomic mass is 9.79. The highest BCUT2D eigenvalue weighted by Crippen LogP contribution is 2.34. The van der Waals surface area contributed by atoms with Gasteiger partial charge in [-0.25, -0.2) is 0 Å². The van der Waals surface area contributed by atoms with Crippen LogP contribution in [0.3, 0.4) is 0 Å². The van der Waals surface area contributed by atoms with Gasteiger partial charge in [0.2, 0.25) is 0 Å². The van der Waals surface area contributed by atoms with Gasteiger partial charge in [0.15, 0.2) is 12.4 Å². The average molecular weight is 391 g/mol. The number of nitro groups is 1. The van der Waals surface area contributed by atoms with Gasteiger partial charge >= 0.3 is 5.69 Å². The van der Waals surface area contributed by atoms with Crippen molar-refractivity contribution in [2.75, 3.05) is 39.5 Å². The third-order valence-corrected chi connectivity index (χ3v) is 5.75. The monoisotopic (exact) mass is 391 g/mol. The summed E-state index contributed by atoms with van der Waals surface area (Å²) in [4.78, 5) is 25.5. The molecule has 1 aliphatic carbocycles. The summed E-state index contributed by atoms with van der Waals surface area (Å²) in [7, 11) is 0. The van der Waals surface area contributed by atoms with Crippen LogP contribution in [-0.2, 0) is 9.53 Å². The number of hydrogen-bond donors (Lipinski definition) is 1. The number of benzene rings is 1. The Bertz CT molecular complexity index is 697. The molecule has 1 aromatic carbocycles. The molecular weight excluding hydrogens is 362 g/mol. The molecule has 1 N–H and O–H groups in total. The number of nitrogens with one attached hydrogen (secondary N) is 1. The lowest BCUT2D eigenvalue weighted by Crippen LogP contribution is -2.60. The van der Waals surface area contributed by atoms with Gasteiger partial charge in [0, 0.05) is 31.2 Å². The lowest BCUT2D eigenvalue weighted by Gasteiger charge is -2.48. The van der Waals surface area contributed by atoms with Gasteiger partial charge in [-0.15, -0.1) is 0 Å². The van der Waals surface area contributed by atoms with Crippen molar-refractivity contribution in [3.8, 4) is 5.75 Å². The van der Waals surface area contributed by atoms with Crippen molar-refractivity contribution in [3.63, 3.8) is 0 Å². The number of aryl methyl sites for hydroxylation is 1. The topological polar surface area (TPSA) is 93.9 Å². The van der Waals surface area contributed by atoms with Gasteiger partial charge in [0.25, 0.3) is 5.91 Å². The molecule has 8 heteroatoms. The van der Waals surface area contributed by atoms with Crippen molar-refractivity contribution in [1.29, 1.82) is 0 Å². The molecule has 2 fully saturated rings. The molecule has 154 valence electrons. The summed E-state index contributed by atoms with van der Waals surface area (Å²) in [5.74, 6) is -0.139. The first kappa shape index (κ1) is 20.5. The molecule has 0 radical (unpaired) electrons. The second-order valence-corrected chi connectivity index (χ2v) is 7.68. The van der Waals surface area contributed by atoms with E-state index in [-0.39, 0.29) is 29.5 Å². The normalized spacial score (nSPS) is 19.8. The van der Waals surface area contributed by atoms with Crippen LogP contribution >= 0.6 is 0 Å². The third kappa shape index (κ3) is 4.99. The van der Waals surface area contributed by atoms with E-state index in [9.17, 15) is 14.9 Å². The van der Waals surface area contributed by atoms with Crippen LogP contribution in [0.25, 0.3) is 0 Å². The fourth-order valence-electron chi connectivity index (χ4n) is 4.20. The number of morpholine rings is 1. The highest BCUT2D eigenvalue weighted by Gasteiger charge is 2.38. The maximum atomic E-state index is 12.4. The minimum absolute atomic E-state index is 0.0203. The second-order valence-electron chi connectivity index (χ2n) is 7.68. The molecule has 3 rings (SSSR count). The molecule has 0 aromatic heterocycles. The largest absolute Gasteiger partial charge is 0.477 e. The maximum absolute atomic E-state index is 12.4. The number of carbonyl (C=O) groups excluding carboxylic acids is 1. The van der Waals surface area contributed by atoms with Crippen LogP contribution in [0, 0.1) is 17.0 Å². The molecule has 8 nitrogen and oxygen atoms in total. The van der Waals surface area contributed by atoms with E-state index in [2.05, 4.69) is 10.2 Å². The van der Waals surface area contributed by atoms with Crippen LogP contribution in [0.2, 0.25) is 0 Å². The summed E-state index contributed by atoms with van der Waals surface area (Å²) in [5, 5.41) is 14.2. The van der Waals surface area contributed by atoms with E-state index in [0.717, 1.165) is 44.7 Å². The highest BCUT2D eigenvalue weighted by atomic mass is 16.6. The molecule has 0 bridgehead atoms.